The number of aromatic nitrogens is 2. The van der Waals surface area contributed by atoms with Crippen LogP contribution in [0.1, 0.15) is 85.0 Å². The van der Waals surface area contributed by atoms with Gasteiger partial charge in [0.1, 0.15) is 5.69 Å². The van der Waals surface area contributed by atoms with Gasteiger partial charge in [0.2, 0.25) is 0 Å². The van der Waals surface area contributed by atoms with Crippen molar-refractivity contribution in [3.8, 4) is 0 Å². The molecule has 1 atom stereocenters. The summed E-state index contributed by atoms with van der Waals surface area (Å²) in [4.78, 5) is 44.5. The van der Waals surface area contributed by atoms with E-state index in [-0.39, 0.29) is 35.2 Å². The number of aryl methyl sites for hydroxylation is 2. The second kappa shape index (κ2) is 10.7. The van der Waals surface area contributed by atoms with Gasteiger partial charge in [-0.3, -0.25) is 19.1 Å². The Hall–Kier alpha value is -3.20. The highest BCUT2D eigenvalue weighted by molar-refractivity contribution is 6.01. The van der Waals surface area contributed by atoms with Crippen LogP contribution in [-0.2, 0) is 17.3 Å². The lowest BCUT2D eigenvalue weighted by Crippen LogP contribution is -2.64. The van der Waals surface area contributed by atoms with Crippen molar-refractivity contribution in [2.45, 2.75) is 83.5 Å². The standard InChI is InChI=1S/C28H40N6O3/c1-18-8-6-9-19(16-18)26(36)33-14-7-15-34(25(33)24(35)30-21-12-10-20(29)11-13-21)27(37)22-17-23(28(2,3)4)31-32(22)5/h6,8-9,16-17,20-21,25H,7,10-15,29H2,1-5H3,(H,30,35). The summed E-state index contributed by atoms with van der Waals surface area (Å²) in [6.45, 7) is 8.82. The van der Waals surface area contributed by atoms with E-state index in [2.05, 4.69) is 10.4 Å². The zero-order chi connectivity index (χ0) is 26.9. The van der Waals surface area contributed by atoms with E-state index < -0.39 is 6.17 Å². The Morgan fingerprint density at radius 3 is 2.24 bits per heavy atom. The number of hydrogen-bond acceptors (Lipinski definition) is 5. The molecule has 1 saturated carbocycles. The fourth-order valence-electron chi connectivity index (χ4n) is 5.20. The van der Waals surface area contributed by atoms with Crippen LogP contribution in [0.2, 0.25) is 0 Å². The topological polar surface area (TPSA) is 114 Å². The Kier molecular flexibility index (Phi) is 7.73. The van der Waals surface area contributed by atoms with Crippen molar-refractivity contribution in [2.75, 3.05) is 13.1 Å². The molecule has 1 aliphatic heterocycles. The molecule has 1 aromatic carbocycles. The van der Waals surface area contributed by atoms with Gasteiger partial charge in [0.15, 0.2) is 6.17 Å². The minimum Gasteiger partial charge on any atom is -0.350 e. The molecule has 1 aromatic heterocycles. The van der Waals surface area contributed by atoms with Gasteiger partial charge in [-0.15, -0.1) is 0 Å². The summed E-state index contributed by atoms with van der Waals surface area (Å²) in [5, 5.41) is 7.69. The quantitative estimate of drug-likeness (QED) is 0.659. The number of nitrogens with zero attached hydrogens (tertiary/aromatic N) is 4. The van der Waals surface area contributed by atoms with Crippen molar-refractivity contribution in [1.29, 1.82) is 0 Å². The van der Waals surface area contributed by atoms with Crippen LogP contribution in [0.4, 0.5) is 0 Å². The van der Waals surface area contributed by atoms with Crippen LogP contribution in [0.5, 0.6) is 0 Å². The minimum absolute atomic E-state index is 0.0219. The average Bonchev–Trinajstić information content (AvgIpc) is 3.26. The fourth-order valence-corrected chi connectivity index (χ4v) is 5.20. The Morgan fingerprint density at radius 1 is 1.00 bits per heavy atom. The molecule has 37 heavy (non-hydrogen) atoms. The van der Waals surface area contributed by atoms with Gasteiger partial charge < -0.3 is 20.9 Å². The van der Waals surface area contributed by atoms with Gasteiger partial charge in [-0.05, 0) is 57.2 Å². The van der Waals surface area contributed by atoms with Crippen LogP contribution in [0.25, 0.3) is 0 Å². The molecular weight excluding hydrogens is 468 g/mol. The second-order valence-corrected chi connectivity index (χ2v) is 11.5. The number of nitrogens with two attached hydrogens (primary N) is 1. The molecule has 2 aliphatic rings. The number of amides is 3. The first-order valence-corrected chi connectivity index (χ1v) is 13.2. The predicted molar refractivity (Wildman–Crippen MR) is 142 cm³/mol. The van der Waals surface area contributed by atoms with Crippen molar-refractivity contribution in [1.82, 2.24) is 24.9 Å². The number of hydrogen-bond donors (Lipinski definition) is 2. The molecule has 200 valence electrons. The summed E-state index contributed by atoms with van der Waals surface area (Å²) in [6, 6.07) is 9.26. The van der Waals surface area contributed by atoms with E-state index >= 15 is 0 Å². The molecule has 0 bridgehead atoms. The zero-order valence-electron chi connectivity index (χ0n) is 22.7. The summed E-state index contributed by atoms with van der Waals surface area (Å²) in [5.74, 6) is -0.891. The first-order chi connectivity index (χ1) is 17.5. The van der Waals surface area contributed by atoms with Crippen molar-refractivity contribution in [3.63, 3.8) is 0 Å². The normalized spacial score (nSPS) is 22.6. The van der Waals surface area contributed by atoms with Gasteiger partial charge >= 0.3 is 0 Å². The lowest BCUT2D eigenvalue weighted by atomic mass is 9.91. The van der Waals surface area contributed by atoms with E-state index in [9.17, 15) is 14.4 Å². The predicted octanol–water partition coefficient (Wildman–Crippen LogP) is 2.73. The number of rotatable bonds is 4. The number of benzene rings is 1. The Labute approximate surface area is 219 Å². The first-order valence-electron chi connectivity index (χ1n) is 13.2. The highest BCUT2D eigenvalue weighted by Crippen LogP contribution is 2.26. The minimum atomic E-state index is -1.04. The van der Waals surface area contributed by atoms with Crippen molar-refractivity contribution in [3.05, 3.63) is 52.8 Å². The van der Waals surface area contributed by atoms with Gasteiger partial charge in [0.05, 0.1) is 5.69 Å². The molecule has 1 saturated heterocycles. The molecule has 9 heteroatoms. The average molecular weight is 509 g/mol. The molecule has 2 aromatic rings. The molecular formula is C28H40N6O3. The summed E-state index contributed by atoms with van der Waals surface area (Å²) < 4.78 is 1.57. The van der Waals surface area contributed by atoms with E-state index in [0.717, 1.165) is 36.9 Å². The van der Waals surface area contributed by atoms with Gasteiger partial charge in [-0.2, -0.15) is 5.10 Å². The SMILES string of the molecule is Cc1cccc(C(=O)N2CCCN(C(=O)c3cc(C(C)(C)C)nn3C)C2C(=O)NC2CCC(N)CC2)c1. The number of nitrogens with one attached hydrogen (secondary N) is 1. The maximum Gasteiger partial charge on any atom is 0.274 e. The smallest absolute Gasteiger partial charge is 0.274 e. The summed E-state index contributed by atoms with van der Waals surface area (Å²) in [7, 11) is 1.74. The third-order valence-electron chi connectivity index (χ3n) is 7.40. The molecule has 1 aliphatic carbocycles. The third kappa shape index (κ3) is 5.87. The molecule has 1 unspecified atom stereocenters. The van der Waals surface area contributed by atoms with Crippen LogP contribution in [0.3, 0.4) is 0 Å². The lowest BCUT2D eigenvalue weighted by Gasteiger charge is -2.43. The highest BCUT2D eigenvalue weighted by atomic mass is 16.2. The van der Waals surface area contributed by atoms with Crippen LogP contribution in [0.15, 0.2) is 30.3 Å². The van der Waals surface area contributed by atoms with E-state index in [4.69, 9.17) is 5.73 Å². The Bertz CT molecular complexity index is 1160. The van der Waals surface area contributed by atoms with Crippen LogP contribution >= 0.6 is 0 Å². The molecule has 0 radical (unpaired) electrons. The van der Waals surface area contributed by atoms with Crippen molar-refractivity contribution in [2.24, 2.45) is 12.8 Å². The maximum absolute atomic E-state index is 13.9. The van der Waals surface area contributed by atoms with Gasteiger partial charge in [-0.25, -0.2) is 0 Å². The second-order valence-electron chi connectivity index (χ2n) is 11.5. The Morgan fingerprint density at radius 2 is 1.65 bits per heavy atom. The van der Waals surface area contributed by atoms with Crippen LogP contribution in [0, 0.1) is 6.92 Å². The van der Waals surface area contributed by atoms with Gasteiger partial charge in [-0.1, -0.05) is 38.5 Å². The zero-order valence-corrected chi connectivity index (χ0v) is 22.7. The monoisotopic (exact) mass is 508 g/mol. The lowest BCUT2D eigenvalue weighted by molar-refractivity contribution is -0.133. The summed E-state index contributed by atoms with van der Waals surface area (Å²) >= 11 is 0. The third-order valence-corrected chi connectivity index (χ3v) is 7.40. The molecule has 9 nitrogen and oxygen atoms in total. The van der Waals surface area contributed by atoms with Gasteiger partial charge in [0.25, 0.3) is 17.7 Å². The maximum atomic E-state index is 13.9. The molecule has 2 heterocycles. The van der Waals surface area contributed by atoms with E-state index in [1.807, 2.05) is 45.9 Å². The number of carbonyl (C=O) groups is 3. The highest BCUT2D eigenvalue weighted by Gasteiger charge is 2.42. The van der Waals surface area contributed by atoms with Crippen LogP contribution in [-0.4, -0.2) is 68.6 Å². The molecule has 3 amide bonds. The van der Waals surface area contributed by atoms with E-state index in [0.29, 0.717) is 30.8 Å². The van der Waals surface area contributed by atoms with Crippen molar-refractivity contribution >= 4 is 17.7 Å². The summed E-state index contributed by atoms with van der Waals surface area (Å²) in [6.07, 6.45) is 2.79. The Balaban J connectivity index is 1.67. The summed E-state index contributed by atoms with van der Waals surface area (Å²) in [5.41, 5.74) is 8.48. The fraction of sp³-hybridized carbons (Fsp3) is 0.571. The van der Waals surface area contributed by atoms with Crippen LogP contribution < -0.4 is 11.1 Å². The number of carbonyl (C=O) groups excluding carboxylic acids is 3. The van der Waals surface area contributed by atoms with E-state index in [1.165, 1.54) is 4.90 Å². The largest absolute Gasteiger partial charge is 0.350 e. The molecule has 2 fully saturated rings. The molecule has 4 rings (SSSR count). The molecule has 3 N–H and O–H groups in total. The van der Waals surface area contributed by atoms with Crippen molar-refractivity contribution < 1.29 is 14.4 Å². The molecule has 0 spiro atoms. The first kappa shape index (κ1) is 26.9. The van der Waals surface area contributed by atoms with E-state index in [1.54, 1.807) is 28.8 Å². The van der Waals surface area contributed by atoms with Gasteiger partial charge in [0, 0.05) is 43.2 Å².